The fourth-order valence-electron chi connectivity index (χ4n) is 1.77. The molecule has 26 heavy (non-hydrogen) atoms. The summed E-state index contributed by atoms with van der Waals surface area (Å²) in [6.45, 7) is 1.59. The molecule has 1 aromatic rings. The molecule has 0 radical (unpaired) electrons. The Morgan fingerprint density at radius 1 is 1.00 bits per heavy atom. The van der Waals surface area contributed by atoms with E-state index in [2.05, 4.69) is 9.47 Å². The number of benzene rings is 1. The van der Waals surface area contributed by atoms with Crippen LogP contribution in [-0.2, 0) is 14.3 Å². The zero-order chi connectivity index (χ0) is 20.1. The van der Waals surface area contributed by atoms with Crippen molar-refractivity contribution in [2.75, 3.05) is 18.5 Å². The third-order valence-corrected chi connectivity index (χ3v) is 2.93. The highest BCUT2D eigenvalue weighted by molar-refractivity contribution is 5.89. The van der Waals surface area contributed by atoms with Crippen molar-refractivity contribution in [1.82, 2.24) is 5.32 Å². The van der Waals surface area contributed by atoms with Gasteiger partial charge in [0.2, 0.25) is 0 Å². The number of anilines is 1. The highest BCUT2D eigenvalue weighted by Gasteiger charge is 2.64. The largest absolute Gasteiger partial charge is 0.463 e. The molecule has 0 aromatic heterocycles. The van der Waals surface area contributed by atoms with E-state index in [9.17, 15) is 35.9 Å². The van der Waals surface area contributed by atoms with E-state index in [1.807, 2.05) is 0 Å². The minimum atomic E-state index is -5.58. The molecule has 12 heteroatoms. The van der Waals surface area contributed by atoms with E-state index in [1.54, 1.807) is 0 Å². The first kappa shape index (κ1) is 21.4. The van der Waals surface area contributed by atoms with E-state index in [0.717, 1.165) is 0 Å². The van der Waals surface area contributed by atoms with Crippen LogP contribution >= 0.6 is 0 Å². The minimum absolute atomic E-state index is 0.331. The predicted octanol–water partition coefficient (Wildman–Crippen LogP) is 3.08. The molecule has 0 saturated heterocycles. The number of hydrogen-bond donors (Lipinski definition) is 2. The third-order valence-electron chi connectivity index (χ3n) is 2.93. The molecule has 1 atom stereocenters. The van der Waals surface area contributed by atoms with Crippen molar-refractivity contribution in [3.05, 3.63) is 29.6 Å². The van der Waals surface area contributed by atoms with Gasteiger partial charge in [-0.2, -0.15) is 13.2 Å². The van der Waals surface area contributed by atoms with Crippen LogP contribution in [-0.4, -0.2) is 37.1 Å². The summed E-state index contributed by atoms with van der Waals surface area (Å²) in [5.74, 6) is -7.84. The summed E-state index contributed by atoms with van der Waals surface area (Å²) in [6, 6.07) is 0.748. The molecule has 1 amide bonds. The summed E-state index contributed by atoms with van der Waals surface area (Å²) in [4.78, 5) is 23.5. The quantitative estimate of drug-likeness (QED) is 0.339. The molecule has 0 saturated carbocycles. The smallest absolute Gasteiger partial charge is 0.442 e. The highest BCUT2D eigenvalue weighted by atomic mass is 19.4. The lowest BCUT2D eigenvalue weighted by molar-refractivity contribution is -0.205. The lowest BCUT2D eigenvalue weighted by atomic mass is 10.1. The Morgan fingerprint density at radius 2 is 1.58 bits per heavy atom. The second-order valence-electron chi connectivity index (χ2n) is 4.66. The minimum Gasteiger partial charge on any atom is -0.463 e. The lowest BCUT2D eigenvalue weighted by Gasteiger charge is -2.34. The van der Waals surface area contributed by atoms with E-state index >= 15 is 0 Å². The normalized spacial score (nSPS) is 13.5. The molecular formula is C14H14F6N2O4. The number of carbonyl (C=O) groups is 2. The predicted molar refractivity (Wildman–Crippen MR) is 75.5 cm³/mol. The van der Waals surface area contributed by atoms with Crippen LogP contribution in [0.5, 0.6) is 0 Å². The third kappa shape index (κ3) is 4.29. The Labute approximate surface area is 143 Å². The zero-order valence-electron chi connectivity index (χ0n) is 13.5. The van der Waals surface area contributed by atoms with Gasteiger partial charge in [0.1, 0.15) is 0 Å². The van der Waals surface area contributed by atoms with Crippen molar-refractivity contribution in [2.45, 2.75) is 25.7 Å². The van der Waals surface area contributed by atoms with Crippen molar-refractivity contribution in [2.24, 2.45) is 0 Å². The van der Waals surface area contributed by atoms with Crippen LogP contribution in [0.2, 0.25) is 0 Å². The second-order valence-corrected chi connectivity index (χ2v) is 4.66. The van der Waals surface area contributed by atoms with Crippen molar-refractivity contribution < 1.29 is 45.4 Å². The van der Waals surface area contributed by atoms with Gasteiger partial charge >= 0.3 is 23.9 Å². The van der Waals surface area contributed by atoms with Gasteiger partial charge < -0.3 is 14.8 Å². The summed E-state index contributed by atoms with van der Waals surface area (Å²) in [7, 11) is 0. The van der Waals surface area contributed by atoms with Crippen molar-refractivity contribution in [3.63, 3.8) is 0 Å². The van der Waals surface area contributed by atoms with Crippen molar-refractivity contribution in [1.29, 1.82) is 0 Å². The topological polar surface area (TPSA) is 76.7 Å². The standard InChI is InChI=1S/C14H14F6N2O4/c1-3-25-11(23)13(14(18,19)20,22-12(24)26-4-2)21-8-6-5-7(15)9(16)10(8)17/h5-6,21H,3-4H2,1-2H3,(H,22,24). The van der Waals surface area contributed by atoms with Gasteiger partial charge in [-0.25, -0.2) is 22.8 Å². The van der Waals surface area contributed by atoms with Crippen LogP contribution in [0, 0.1) is 17.5 Å². The molecule has 146 valence electrons. The molecule has 6 nitrogen and oxygen atoms in total. The number of hydrogen-bond acceptors (Lipinski definition) is 5. The molecule has 1 unspecified atom stereocenters. The second kappa shape index (κ2) is 8.15. The van der Waals surface area contributed by atoms with E-state index in [0.29, 0.717) is 12.1 Å². The average molecular weight is 388 g/mol. The number of ether oxygens (including phenoxy) is 2. The number of amides is 1. The molecular weight excluding hydrogens is 374 g/mol. The van der Waals surface area contributed by atoms with Crippen molar-refractivity contribution >= 4 is 17.7 Å². The molecule has 1 aromatic carbocycles. The molecule has 0 aliphatic rings. The van der Waals surface area contributed by atoms with Gasteiger partial charge in [-0.1, -0.05) is 0 Å². The molecule has 0 fully saturated rings. The van der Waals surface area contributed by atoms with Gasteiger partial charge in [0, 0.05) is 0 Å². The van der Waals surface area contributed by atoms with Gasteiger partial charge in [0.05, 0.1) is 18.9 Å². The molecule has 1 rings (SSSR count). The molecule has 0 spiro atoms. The van der Waals surface area contributed by atoms with Crippen LogP contribution in [0.3, 0.4) is 0 Å². The summed E-state index contributed by atoms with van der Waals surface area (Å²) < 4.78 is 89.5. The maximum absolute atomic E-state index is 13.8. The van der Waals surface area contributed by atoms with Crippen LogP contribution in [0.4, 0.5) is 36.8 Å². The summed E-state index contributed by atoms with van der Waals surface area (Å²) in [5.41, 5.74) is -5.26. The fraction of sp³-hybridized carbons (Fsp3) is 0.429. The first-order chi connectivity index (χ1) is 12.0. The molecule has 0 heterocycles. The van der Waals surface area contributed by atoms with E-state index in [4.69, 9.17) is 0 Å². The van der Waals surface area contributed by atoms with Gasteiger partial charge in [0.25, 0.3) is 0 Å². The van der Waals surface area contributed by atoms with Crippen LogP contribution in [0.25, 0.3) is 0 Å². The van der Waals surface area contributed by atoms with Gasteiger partial charge in [-0.3, -0.25) is 5.32 Å². The van der Waals surface area contributed by atoms with Gasteiger partial charge in [0.15, 0.2) is 17.5 Å². The van der Waals surface area contributed by atoms with Gasteiger partial charge in [-0.05, 0) is 26.0 Å². The maximum Gasteiger partial charge on any atom is 0.442 e. The monoisotopic (exact) mass is 388 g/mol. The number of esters is 1. The first-order valence-electron chi connectivity index (χ1n) is 7.10. The van der Waals surface area contributed by atoms with Crippen LogP contribution < -0.4 is 10.6 Å². The molecule has 2 N–H and O–H groups in total. The number of carbonyl (C=O) groups excluding carboxylic acids is 2. The maximum atomic E-state index is 13.8. The Morgan fingerprint density at radius 3 is 2.08 bits per heavy atom. The highest BCUT2D eigenvalue weighted by Crippen LogP contribution is 2.34. The fourth-order valence-corrected chi connectivity index (χ4v) is 1.77. The Balaban J connectivity index is 3.49. The summed E-state index contributed by atoms with van der Waals surface area (Å²) >= 11 is 0. The van der Waals surface area contributed by atoms with E-state index in [1.165, 1.54) is 24.5 Å². The van der Waals surface area contributed by atoms with Crippen LogP contribution in [0.1, 0.15) is 13.8 Å². The number of alkyl halides is 3. The average Bonchev–Trinajstić information content (AvgIpc) is 2.53. The molecule has 0 aliphatic heterocycles. The number of nitrogens with one attached hydrogen (secondary N) is 2. The Kier molecular flexibility index (Phi) is 6.70. The molecule has 0 aliphatic carbocycles. The zero-order valence-corrected chi connectivity index (χ0v) is 13.5. The number of halogens is 6. The lowest BCUT2D eigenvalue weighted by Crippen LogP contribution is -2.69. The first-order valence-corrected chi connectivity index (χ1v) is 7.10. The summed E-state index contributed by atoms with van der Waals surface area (Å²) in [5, 5.41) is 2.56. The Bertz CT molecular complexity index is 682. The number of alkyl carbamates (subject to hydrolysis) is 1. The molecule has 0 bridgehead atoms. The summed E-state index contributed by atoms with van der Waals surface area (Å²) in [6.07, 6.45) is -7.27. The van der Waals surface area contributed by atoms with Crippen LogP contribution in [0.15, 0.2) is 12.1 Å². The van der Waals surface area contributed by atoms with Gasteiger partial charge in [-0.15, -0.1) is 0 Å². The SMILES string of the molecule is CCOC(=O)NC(Nc1ccc(F)c(F)c1F)(C(=O)OCC)C(F)(F)F. The van der Waals surface area contributed by atoms with E-state index in [-0.39, 0.29) is 6.61 Å². The Hall–Kier alpha value is -2.66. The van der Waals surface area contributed by atoms with Crippen molar-refractivity contribution in [3.8, 4) is 0 Å². The van der Waals surface area contributed by atoms with E-state index < -0.39 is 53.6 Å². The number of rotatable bonds is 6.